The van der Waals surface area contributed by atoms with Gasteiger partial charge in [-0.15, -0.1) is 0 Å². The zero-order valence-corrected chi connectivity index (χ0v) is 15.2. The summed E-state index contributed by atoms with van der Waals surface area (Å²) in [6.45, 7) is 2.25. The quantitative estimate of drug-likeness (QED) is 0.673. The van der Waals surface area contributed by atoms with Gasteiger partial charge in [0.2, 0.25) is 0 Å². The van der Waals surface area contributed by atoms with E-state index in [1.54, 1.807) is 0 Å². The molecule has 0 saturated heterocycles. The van der Waals surface area contributed by atoms with Crippen LogP contribution in [0.25, 0.3) is 0 Å². The Hall–Kier alpha value is -0.640. The summed E-state index contributed by atoms with van der Waals surface area (Å²) >= 11 is 6.98. The van der Waals surface area contributed by atoms with Gasteiger partial charge in [0.1, 0.15) is 0 Å². The molecule has 1 atom stereocenters. The van der Waals surface area contributed by atoms with Gasteiger partial charge in [-0.2, -0.15) is 0 Å². The summed E-state index contributed by atoms with van der Waals surface area (Å²) in [6.07, 6.45) is 2.48. The maximum Gasteiger partial charge on any atom is 0.0294 e. The first-order valence-electron chi connectivity index (χ1n) is 7.39. The maximum absolute atomic E-state index is 3.74. The molecule has 110 valence electrons. The van der Waals surface area contributed by atoms with Crippen molar-refractivity contribution in [3.8, 4) is 0 Å². The van der Waals surface area contributed by atoms with Gasteiger partial charge in [0.05, 0.1) is 0 Å². The highest BCUT2D eigenvalue weighted by atomic mass is 79.9. The molecule has 0 aromatic heterocycles. The third-order valence-electron chi connectivity index (χ3n) is 4.34. The molecule has 1 aliphatic rings. The Kier molecular flexibility index (Phi) is 4.82. The molecule has 0 aliphatic heterocycles. The van der Waals surface area contributed by atoms with E-state index in [2.05, 4.69) is 92.6 Å². The summed E-state index contributed by atoms with van der Waals surface area (Å²) < 4.78 is 2.29. The molecule has 1 saturated carbocycles. The van der Waals surface area contributed by atoms with Crippen LogP contribution in [0, 0.1) is 0 Å². The molecule has 0 amide bonds. The van der Waals surface area contributed by atoms with Gasteiger partial charge < -0.3 is 5.32 Å². The highest BCUT2D eigenvalue weighted by molar-refractivity contribution is 9.10. The summed E-state index contributed by atoms with van der Waals surface area (Å²) in [7, 11) is 0. The van der Waals surface area contributed by atoms with Crippen LogP contribution in [0.5, 0.6) is 0 Å². The van der Waals surface area contributed by atoms with Crippen LogP contribution >= 0.6 is 31.9 Å². The van der Waals surface area contributed by atoms with Gasteiger partial charge in [-0.1, -0.05) is 56.1 Å². The van der Waals surface area contributed by atoms with Crippen molar-refractivity contribution in [3.63, 3.8) is 0 Å². The lowest BCUT2D eigenvalue weighted by Crippen LogP contribution is -2.41. The van der Waals surface area contributed by atoms with Crippen LogP contribution < -0.4 is 5.32 Å². The molecule has 3 rings (SSSR count). The minimum absolute atomic E-state index is 0.411. The van der Waals surface area contributed by atoms with Gasteiger partial charge in [0.15, 0.2) is 0 Å². The van der Waals surface area contributed by atoms with E-state index in [0.29, 0.717) is 18.0 Å². The second-order valence-corrected chi connectivity index (χ2v) is 7.69. The fraction of sp³-hybridized carbons (Fsp3) is 0.333. The Morgan fingerprint density at radius 2 is 1.43 bits per heavy atom. The van der Waals surface area contributed by atoms with Gasteiger partial charge in [-0.05, 0) is 61.1 Å². The van der Waals surface area contributed by atoms with E-state index < -0.39 is 0 Å². The number of benzene rings is 2. The van der Waals surface area contributed by atoms with Crippen LogP contribution in [0.15, 0.2) is 57.5 Å². The van der Waals surface area contributed by atoms with Crippen molar-refractivity contribution >= 4 is 31.9 Å². The Morgan fingerprint density at radius 1 is 0.905 bits per heavy atom. The zero-order chi connectivity index (χ0) is 14.8. The van der Waals surface area contributed by atoms with Crippen LogP contribution in [0.3, 0.4) is 0 Å². The maximum atomic E-state index is 3.74. The molecule has 1 nitrogen and oxygen atoms in total. The van der Waals surface area contributed by atoms with Crippen LogP contribution in [0.2, 0.25) is 0 Å². The molecule has 0 bridgehead atoms. The lowest BCUT2D eigenvalue weighted by Gasteiger charge is -2.38. The lowest BCUT2D eigenvalue weighted by molar-refractivity contribution is 0.271. The van der Waals surface area contributed by atoms with Crippen molar-refractivity contribution in [2.24, 2.45) is 0 Å². The zero-order valence-electron chi connectivity index (χ0n) is 12.0. The van der Waals surface area contributed by atoms with Gasteiger partial charge in [-0.25, -0.2) is 0 Å². The molecule has 3 heteroatoms. The van der Waals surface area contributed by atoms with Gasteiger partial charge in [-0.3, -0.25) is 0 Å². The van der Waals surface area contributed by atoms with E-state index in [-0.39, 0.29) is 0 Å². The van der Waals surface area contributed by atoms with Crippen LogP contribution in [-0.2, 0) is 0 Å². The summed E-state index contributed by atoms with van der Waals surface area (Å²) in [5, 5.41) is 3.74. The summed E-state index contributed by atoms with van der Waals surface area (Å²) in [4.78, 5) is 0. The van der Waals surface area contributed by atoms with Crippen molar-refractivity contribution in [1.29, 1.82) is 0 Å². The van der Waals surface area contributed by atoms with Crippen molar-refractivity contribution in [2.45, 2.75) is 37.8 Å². The van der Waals surface area contributed by atoms with Crippen molar-refractivity contribution in [2.75, 3.05) is 0 Å². The predicted molar refractivity (Wildman–Crippen MR) is 95.6 cm³/mol. The van der Waals surface area contributed by atoms with Gasteiger partial charge >= 0.3 is 0 Å². The van der Waals surface area contributed by atoms with Crippen LogP contribution in [0.4, 0.5) is 0 Å². The number of hydrogen-bond donors (Lipinski definition) is 1. The summed E-state index contributed by atoms with van der Waals surface area (Å²) in [5.74, 6) is 0.715. The molecule has 2 aromatic carbocycles. The average molecular weight is 409 g/mol. The average Bonchev–Trinajstić information content (AvgIpc) is 2.44. The number of halogens is 2. The Labute approximate surface area is 143 Å². The molecule has 1 fully saturated rings. The Balaban J connectivity index is 1.52. The molecular formula is C18H19Br2N. The normalized spacial score (nSPS) is 22.6. The standard InChI is InChI=1S/C18H19Br2N/c1-12(13-2-6-16(19)7-3-13)21-18-10-15(11-18)14-4-8-17(20)9-5-14/h2-9,12,15,18,21H,10-11H2,1H3/t12-,15?,18?/m0/s1. The highest BCUT2D eigenvalue weighted by Gasteiger charge is 2.30. The number of nitrogens with one attached hydrogen (secondary N) is 1. The first kappa shape index (κ1) is 15.3. The minimum atomic E-state index is 0.411. The molecule has 0 radical (unpaired) electrons. The first-order chi connectivity index (χ1) is 10.1. The second kappa shape index (κ2) is 6.64. The van der Waals surface area contributed by atoms with Gasteiger partial charge in [0.25, 0.3) is 0 Å². The largest absolute Gasteiger partial charge is 0.307 e. The van der Waals surface area contributed by atoms with Crippen molar-refractivity contribution in [1.82, 2.24) is 5.32 Å². The van der Waals surface area contributed by atoms with E-state index >= 15 is 0 Å². The van der Waals surface area contributed by atoms with Crippen molar-refractivity contribution < 1.29 is 0 Å². The molecule has 2 aromatic rings. The summed E-state index contributed by atoms with van der Waals surface area (Å²) in [5.41, 5.74) is 2.82. The van der Waals surface area contributed by atoms with E-state index in [9.17, 15) is 0 Å². The molecule has 0 spiro atoms. The van der Waals surface area contributed by atoms with E-state index in [1.165, 1.54) is 24.0 Å². The molecule has 1 aliphatic carbocycles. The highest BCUT2D eigenvalue weighted by Crippen LogP contribution is 2.38. The first-order valence-corrected chi connectivity index (χ1v) is 8.97. The second-order valence-electron chi connectivity index (χ2n) is 5.86. The number of hydrogen-bond acceptors (Lipinski definition) is 1. The molecule has 0 unspecified atom stereocenters. The Morgan fingerprint density at radius 3 is 2.00 bits per heavy atom. The van der Waals surface area contributed by atoms with Crippen LogP contribution in [0.1, 0.15) is 42.9 Å². The SMILES string of the molecule is C[C@H](NC1CC(c2ccc(Br)cc2)C1)c1ccc(Br)cc1. The monoisotopic (exact) mass is 407 g/mol. The Bertz CT molecular complexity index is 586. The predicted octanol–water partition coefficient (Wildman–Crippen LogP) is 5.81. The van der Waals surface area contributed by atoms with Gasteiger partial charge in [0, 0.05) is 21.0 Å². The smallest absolute Gasteiger partial charge is 0.0294 e. The van der Waals surface area contributed by atoms with E-state index in [4.69, 9.17) is 0 Å². The fourth-order valence-corrected chi connectivity index (χ4v) is 3.49. The molecule has 1 N–H and O–H groups in total. The van der Waals surface area contributed by atoms with E-state index in [1.807, 2.05) is 0 Å². The van der Waals surface area contributed by atoms with E-state index in [0.717, 1.165) is 8.95 Å². The third kappa shape index (κ3) is 3.77. The fourth-order valence-electron chi connectivity index (χ4n) is 2.96. The molecule has 0 heterocycles. The topological polar surface area (TPSA) is 12.0 Å². The molecular weight excluding hydrogens is 390 g/mol. The minimum Gasteiger partial charge on any atom is -0.307 e. The molecule has 21 heavy (non-hydrogen) atoms. The third-order valence-corrected chi connectivity index (χ3v) is 5.39. The lowest BCUT2D eigenvalue weighted by atomic mass is 9.75. The van der Waals surface area contributed by atoms with Crippen molar-refractivity contribution in [3.05, 3.63) is 68.6 Å². The van der Waals surface area contributed by atoms with Crippen LogP contribution in [-0.4, -0.2) is 6.04 Å². The summed E-state index contributed by atoms with van der Waals surface area (Å²) in [6, 6.07) is 18.4. The number of rotatable bonds is 4.